The van der Waals surface area contributed by atoms with Gasteiger partial charge in [0.05, 0.1) is 25.3 Å². The Hall–Kier alpha value is -3.47. The number of alkyl halides is 1. The predicted molar refractivity (Wildman–Crippen MR) is 137 cm³/mol. The van der Waals surface area contributed by atoms with Crippen LogP contribution < -0.4 is 15.0 Å². The van der Waals surface area contributed by atoms with Crippen LogP contribution in [0.1, 0.15) is 24.0 Å². The number of unbranched alkanes of at least 4 members (excludes halogenated alkanes) is 1. The van der Waals surface area contributed by atoms with Gasteiger partial charge in [-0.25, -0.2) is 13.9 Å². The lowest BCUT2D eigenvalue weighted by atomic mass is 10.0. The van der Waals surface area contributed by atoms with E-state index in [1.54, 1.807) is 54.0 Å². The van der Waals surface area contributed by atoms with Crippen molar-refractivity contribution in [2.45, 2.75) is 36.7 Å². The number of amides is 1. The van der Waals surface area contributed by atoms with E-state index in [2.05, 4.69) is 0 Å². The molecule has 0 radical (unpaired) electrons. The molecule has 10 heteroatoms. The smallest absolute Gasteiger partial charge is 0.262 e. The van der Waals surface area contributed by atoms with Crippen LogP contribution in [0.3, 0.4) is 0 Å². The highest BCUT2D eigenvalue weighted by Gasteiger charge is 2.36. The van der Waals surface area contributed by atoms with Gasteiger partial charge >= 0.3 is 0 Å². The number of nitrogens with one attached hydrogen (secondary N) is 1. The summed E-state index contributed by atoms with van der Waals surface area (Å²) in [6.45, 7) is -0.232. The molecule has 0 heterocycles. The molecule has 1 atom stereocenters. The Bertz CT molecular complexity index is 1220. The van der Waals surface area contributed by atoms with Gasteiger partial charge in [-0.1, -0.05) is 42.5 Å². The van der Waals surface area contributed by atoms with Crippen LogP contribution in [0, 0.1) is 0 Å². The number of hydrogen-bond donors (Lipinski definition) is 2. The monoisotopic (exact) mass is 530 g/mol. The third-order valence-electron chi connectivity index (χ3n) is 5.76. The number of benzene rings is 3. The average Bonchev–Trinajstić information content (AvgIpc) is 2.93. The number of rotatable bonds is 14. The highest BCUT2D eigenvalue weighted by atomic mass is 32.2. The molecule has 0 aliphatic carbocycles. The molecule has 37 heavy (non-hydrogen) atoms. The Morgan fingerprint density at radius 2 is 1.59 bits per heavy atom. The Balaban J connectivity index is 1.96. The number of nitrogens with zero attached hydrogens (tertiary/aromatic N) is 1. The van der Waals surface area contributed by atoms with Crippen LogP contribution in [0.2, 0.25) is 0 Å². The lowest BCUT2D eigenvalue weighted by molar-refractivity contribution is -0.133. The Kier molecular flexibility index (Phi) is 10.4. The summed E-state index contributed by atoms with van der Waals surface area (Å²) in [7, 11) is -2.68. The molecule has 3 aromatic rings. The van der Waals surface area contributed by atoms with Gasteiger partial charge in [-0.3, -0.25) is 14.4 Å². The number of sulfonamides is 1. The fraction of sp³-hybridized carbons (Fsp3) is 0.296. The van der Waals surface area contributed by atoms with E-state index in [1.807, 2.05) is 6.07 Å². The number of hydrogen-bond acceptors (Lipinski definition) is 6. The molecule has 3 aromatic carbocycles. The van der Waals surface area contributed by atoms with E-state index in [0.717, 1.165) is 9.87 Å². The lowest BCUT2D eigenvalue weighted by Gasteiger charge is -2.30. The van der Waals surface area contributed by atoms with E-state index < -0.39 is 28.6 Å². The zero-order valence-corrected chi connectivity index (χ0v) is 21.4. The van der Waals surface area contributed by atoms with E-state index in [-0.39, 0.29) is 17.9 Å². The molecule has 2 N–H and O–H groups in total. The molecule has 0 bridgehead atoms. The number of methoxy groups -OCH3 is 1. The first kappa shape index (κ1) is 28.1. The van der Waals surface area contributed by atoms with Crippen molar-refractivity contribution in [2.24, 2.45) is 0 Å². The summed E-state index contributed by atoms with van der Waals surface area (Å²) in [5.74, 6) is 0.205. The topological polar surface area (TPSA) is 105 Å². The van der Waals surface area contributed by atoms with Gasteiger partial charge in [-0.05, 0) is 66.8 Å². The third kappa shape index (κ3) is 7.75. The third-order valence-corrected chi connectivity index (χ3v) is 7.63. The first-order chi connectivity index (χ1) is 17.9. The normalized spacial score (nSPS) is 12.2. The van der Waals surface area contributed by atoms with Crippen LogP contribution in [-0.2, 0) is 27.8 Å². The second-order valence-corrected chi connectivity index (χ2v) is 10.2. The molecular weight excluding hydrogens is 499 g/mol. The highest BCUT2D eigenvalue weighted by Crippen LogP contribution is 2.26. The number of hydroxylamine groups is 1. The maximum atomic E-state index is 13.9. The van der Waals surface area contributed by atoms with Crippen LogP contribution in [0.5, 0.6) is 11.5 Å². The molecule has 0 saturated carbocycles. The van der Waals surface area contributed by atoms with Crippen molar-refractivity contribution < 1.29 is 32.3 Å². The summed E-state index contributed by atoms with van der Waals surface area (Å²) in [6.07, 6.45) is 0.977. The van der Waals surface area contributed by atoms with Crippen molar-refractivity contribution in [3.05, 3.63) is 90.0 Å². The van der Waals surface area contributed by atoms with Gasteiger partial charge in [-0.2, -0.15) is 4.31 Å². The minimum Gasteiger partial charge on any atom is -0.497 e. The van der Waals surface area contributed by atoms with Crippen molar-refractivity contribution in [1.82, 2.24) is 9.79 Å². The lowest BCUT2D eigenvalue weighted by Crippen LogP contribution is -2.49. The molecule has 0 saturated heterocycles. The Labute approximate surface area is 216 Å². The molecule has 1 unspecified atom stereocenters. The van der Waals surface area contributed by atoms with E-state index in [1.165, 1.54) is 31.4 Å². The summed E-state index contributed by atoms with van der Waals surface area (Å²) >= 11 is 0. The Morgan fingerprint density at radius 1 is 0.946 bits per heavy atom. The molecule has 0 spiro atoms. The van der Waals surface area contributed by atoms with Gasteiger partial charge in [0.15, 0.2) is 0 Å². The summed E-state index contributed by atoms with van der Waals surface area (Å²) in [5.41, 5.74) is 2.98. The fourth-order valence-electron chi connectivity index (χ4n) is 3.74. The van der Waals surface area contributed by atoms with Crippen molar-refractivity contribution in [3.63, 3.8) is 0 Å². The minimum absolute atomic E-state index is 0.0401. The summed E-state index contributed by atoms with van der Waals surface area (Å²) in [6, 6.07) is 20.4. The van der Waals surface area contributed by atoms with Crippen molar-refractivity contribution in [1.29, 1.82) is 0 Å². The van der Waals surface area contributed by atoms with Gasteiger partial charge < -0.3 is 9.47 Å². The van der Waals surface area contributed by atoms with Crippen LogP contribution in [-0.4, -0.2) is 50.3 Å². The number of ether oxygens (including phenoxy) is 2. The summed E-state index contributed by atoms with van der Waals surface area (Å²) in [4.78, 5) is 12.8. The van der Waals surface area contributed by atoms with E-state index in [0.29, 0.717) is 36.5 Å². The zero-order valence-electron chi connectivity index (χ0n) is 20.5. The van der Waals surface area contributed by atoms with Gasteiger partial charge in [0.25, 0.3) is 5.91 Å². The van der Waals surface area contributed by atoms with Gasteiger partial charge in [0, 0.05) is 6.54 Å². The molecule has 0 aliphatic heterocycles. The predicted octanol–water partition coefficient (Wildman–Crippen LogP) is 4.13. The van der Waals surface area contributed by atoms with Crippen molar-refractivity contribution >= 4 is 15.9 Å². The quantitative estimate of drug-likeness (QED) is 0.185. The van der Waals surface area contributed by atoms with Crippen molar-refractivity contribution in [2.75, 3.05) is 20.4 Å². The maximum absolute atomic E-state index is 13.9. The molecule has 8 nitrogen and oxygen atoms in total. The van der Waals surface area contributed by atoms with Crippen LogP contribution in [0.25, 0.3) is 0 Å². The van der Waals surface area contributed by atoms with Gasteiger partial charge in [0.1, 0.15) is 17.5 Å². The zero-order chi connectivity index (χ0) is 26.7. The minimum atomic E-state index is -4.21. The summed E-state index contributed by atoms with van der Waals surface area (Å²) in [5, 5.41) is 9.48. The highest BCUT2D eigenvalue weighted by molar-refractivity contribution is 7.89. The average molecular weight is 531 g/mol. The van der Waals surface area contributed by atoms with Crippen LogP contribution >= 0.6 is 0 Å². The first-order valence-electron chi connectivity index (χ1n) is 11.8. The molecule has 1 amide bonds. The fourth-order valence-corrected chi connectivity index (χ4v) is 5.32. The SMILES string of the molecule is COc1ccc(CN(C(Cc2ccccc2)C(=O)NO)S(=O)(=O)c2ccc(OCCCCF)cc2)cc1. The summed E-state index contributed by atoms with van der Waals surface area (Å²) < 4.78 is 51.9. The van der Waals surface area contributed by atoms with E-state index in [9.17, 15) is 22.8 Å². The number of carbonyl (C=O) groups is 1. The largest absolute Gasteiger partial charge is 0.497 e. The molecule has 0 aliphatic rings. The molecule has 3 rings (SSSR count). The van der Waals surface area contributed by atoms with Gasteiger partial charge in [0.2, 0.25) is 10.0 Å². The second kappa shape index (κ2) is 13.7. The molecular formula is C27H31FN2O6S. The first-order valence-corrected chi connectivity index (χ1v) is 13.2. The van der Waals surface area contributed by atoms with E-state index in [4.69, 9.17) is 9.47 Å². The van der Waals surface area contributed by atoms with Gasteiger partial charge in [-0.15, -0.1) is 0 Å². The standard InChI is InChI=1S/C27H31FN2O6S/c1-35-23-11-9-22(10-12-23)20-30(26(27(31)29-32)19-21-7-3-2-4-8-21)37(33,34)25-15-13-24(14-16-25)36-18-6-5-17-28/h2-4,7-16,26,32H,5-6,17-20H2,1H3,(H,29,31). The molecule has 0 fully saturated rings. The Morgan fingerprint density at radius 3 is 2.19 bits per heavy atom. The molecule has 0 aromatic heterocycles. The number of halogens is 1. The van der Waals surface area contributed by atoms with Crippen LogP contribution in [0.4, 0.5) is 4.39 Å². The second-order valence-electron chi connectivity index (χ2n) is 8.30. The molecule has 198 valence electrons. The van der Waals surface area contributed by atoms with Crippen LogP contribution in [0.15, 0.2) is 83.8 Å². The number of carbonyl (C=O) groups excluding carboxylic acids is 1. The maximum Gasteiger partial charge on any atom is 0.262 e. The van der Waals surface area contributed by atoms with Crippen molar-refractivity contribution in [3.8, 4) is 11.5 Å². The van der Waals surface area contributed by atoms with E-state index >= 15 is 0 Å².